The van der Waals surface area contributed by atoms with E-state index in [1.165, 1.54) is 32.2 Å². The average molecular weight is 231 g/mol. The van der Waals surface area contributed by atoms with E-state index < -0.39 is 0 Å². The summed E-state index contributed by atoms with van der Waals surface area (Å²) in [6, 6.07) is 0.711. The molecule has 0 aromatic carbocycles. The van der Waals surface area contributed by atoms with E-state index in [0.717, 1.165) is 4.32 Å². The van der Waals surface area contributed by atoms with Crippen molar-refractivity contribution >= 4 is 28.3 Å². The van der Waals surface area contributed by atoms with Crippen molar-refractivity contribution in [1.82, 2.24) is 4.90 Å². The van der Waals surface area contributed by atoms with E-state index in [-0.39, 0.29) is 0 Å². The Bertz CT molecular complexity index is 192. The third-order valence-corrected chi connectivity index (χ3v) is 4.10. The molecule has 0 aromatic heterocycles. The maximum absolute atomic E-state index is 5.48. The van der Waals surface area contributed by atoms with Gasteiger partial charge in [-0.3, -0.25) is 0 Å². The lowest BCUT2D eigenvalue weighted by atomic mass is 10.0. The van der Waals surface area contributed by atoms with Gasteiger partial charge in [0.05, 0.1) is 0 Å². The largest absolute Gasteiger partial charge is 0.355 e. The quantitative estimate of drug-likeness (QED) is 0.668. The van der Waals surface area contributed by atoms with Gasteiger partial charge in [-0.25, -0.2) is 0 Å². The van der Waals surface area contributed by atoms with E-state index >= 15 is 0 Å². The fraction of sp³-hybridized carbons (Fsp3) is 0.909. The van der Waals surface area contributed by atoms with Gasteiger partial charge in [0.25, 0.3) is 0 Å². The minimum atomic E-state index is 0.613. The Morgan fingerprint density at radius 2 is 2.21 bits per heavy atom. The highest BCUT2D eigenvalue weighted by Gasteiger charge is 2.23. The number of thiocarbonyl (C=S) groups is 1. The first-order valence-corrected chi connectivity index (χ1v) is 6.91. The summed E-state index contributed by atoms with van der Waals surface area (Å²) in [5, 5.41) is 0.613. The van der Waals surface area contributed by atoms with Gasteiger partial charge in [0.1, 0.15) is 4.32 Å². The van der Waals surface area contributed by atoms with E-state index in [9.17, 15) is 0 Å². The standard InChI is InChI=1S/C11H21NS2/c1-4-10-7-5-6-8-12(10)11(13)14-9(2)3/h9-10H,4-8H2,1-3H3. The summed E-state index contributed by atoms with van der Waals surface area (Å²) < 4.78 is 1.12. The minimum absolute atomic E-state index is 0.613. The van der Waals surface area contributed by atoms with Crippen LogP contribution >= 0.6 is 24.0 Å². The molecule has 1 rings (SSSR count). The van der Waals surface area contributed by atoms with E-state index in [4.69, 9.17) is 12.2 Å². The van der Waals surface area contributed by atoms with Crippen LogP contribution in [0.3, 0.4) is 0 Å². The molecular weight excluding hydrogens is 210 g/mol. The number of nitrogens with zero attached hydrogens (tertiary/aromatic N) is 1. The third kappa shape index (κ3) is 3.43. The van der Waals surface area contributed by atoms with Crippen LogP contribution in [0.15, 0.2) is 0 Å². The molecule has 1 fully saturated rings. The maximum atomic E-state index is 5.48. The van der Waals surface area contributed by atoms with Gasteiger partial charge in [0.15, 0.2) is 0 Å². The maximum Gasteiger partial charge on any atom is 0.136 e. The minimum Gasteiger partial charge on any atom is -0.355 e. The number of thioether (sulfide) groups is 1. The Labute approximate surface area is 97.6 Å². The first-order valence-electron chi connectivity index (χ1n) is 5.62. The van der Waals surface area contributed by atoms with Crippen molar-refractivity contribution in [2.24, 2.45) is 0 Å². The van der Waals surface area contributed by atoms with Crippen molar-refractivity contribution < 1.29 is 0 Å². The highest BCUT2D eigenvalue weighted by molar-refractivity contribution is 8.23. The summed E-state index contributed by atoms with van der Waals surface area (Å²) in [5.74, 6) is 0. The molecular formula is C11H21NS2. The van der Waals surface area contributed by atoms with Crippen molar-refractivity contribution in [2.75, 3.05) is 6.54 Å². The topological polar surface area (TPSA) is 3.24 Å². The van der Waals surface area contributed by atoms with Crippen LogP contribution in [0.2, 0.25) is 0 Å². The molecule has 0 spiro atoms. The van der Waals surface area contributed by atoms with Crippen LogP contribution in [0.4, 0.5) is 0 Å². The van der Waals surface area contributed by atoms with Crippen molar-refractivity contribution in [1.29, 1.82) is 0 Å². The number of piperidine rings is 1. The van der Waals surface area contributed by atoms with Crippen molar-refractivity contribution in [3.63, 3.8) is 0 Å². The Morgan fingerprint density at radius 3 is 2.79 bits per heavy atom. The predicted octanol–water partition coefficient (Wildman–Crippen LogP) is 3.68. The van der Waals surface area contributed by atoms with Crippen molar-refractivity contribution in [2.45, 2.75) is 57.7 Å². The molecule has 0 bridgehead atoms. The van der Waals surface area contributed by atoms with E-state index in [1.54, 1.807) is 0 Å². The fourth-order valence-corrected chi connectivity index (χ4v) is 3.53. The molecule has 0 amide bonds. The van der Waals surface area contributed by atoms with Crippen molar-refractivity contribution in [3.8, 4) is 0 Å². The van der Waals surface area contributed by atoms with E-state index in [1.807, 2.05) is 11.8 Å². The van der Waals surface area contributed by atoms with Gasteiger partial charge in [0, 0.05) is 17.8 Å². The molecule has 82 valence electrons. The van der Waals surface area contributed by atoms with E-state index in [2.05, 4.69) is 25.7 Å². The predicted molar refractivity (Wildman–Crippen MR) is 70.0 cm³/mol. The van der Waals surface area contributed by atoms with Crippen molar-refractivity contribution in [3.05, 3.63) is 0 Å². The number of hydrogen-bond donors (Lipinski definition) is 0. The van der Waals surface area contributed by atoms with Crippen LogP contribution < -0.4 is 0 Å². The van der Waals surface area contributed by atoms with Gasteiger partial charge in [0.2, 0.25) is 0 Å². The van der Waals surface area contributed by atoms with Crippen LogP contribution in [-0.4, -0.2) is 27.1 Å². The summed E-state index contributed by atoms with van der Waals surface area (Å²) >= 11 is 7.32. The van der Waals surface area contributed by atoms with Crippen LogP contribution in [0.1, 0.15) is 46.5 Å². The Hall–Kier alpha value is 0.240. The highest BCUT2D eigenvalue weighted by atomic mass is 32.2. The lowest BCUT2D eigenvalue weighted by molar-refractivity contribution is 0.243. The molecule has 14 heavy (non-hydrogen) atoms. The van der Waals surface area contributed by atoms with Gasteiger partial charge in [-0.2, -0.15) is 0 Å². The molecule has 1 unspecified atom stereocenters. The molecule has 1 aliphatic heterocycles. The number of likely N-dealkylation sites (tertiary alicyclic amines) is 1. The summed E-state index contributed by atoms with van der Waals surface area (Å²) in [4.78, 5) is 2.45. The monoisotopic (exact) mass is 231 g/mol. The SMILES string of the molecule is CCC1CCCCN1C(=S)SC(C)C. The van der Waals surface area contributed by atoms with E-state index in [0.29, 0.717) is 11.3 Å². The summed E-state index contributed by atoms with van der Waals surface area (Å²) in [6.07, 6.45) is 5.26. The Morgan fingerprint density at radius 1 is 1.50 bits per heavy atom. The number of hydrogen-bond acceptors (Lipinski definition) is 2. The average Bonchev–Trinajstić information content (AvgIpc) is 2.16. The fourth-order valence-electron chi connectivity index (χ4n) is 1.93. The zero-order valence-electron chi connectivity index (χ0n) is 9.45. The molecule has 0 N–H and O–H groups in total. The molecule has 3 heteroatoms. The second-order valence-electron chi connectivity index (χ2n) is 4.18. The van der Waals surface area contributed by atoms with Crippen LogP contribution in [0.25, 0.3) is 0 Å². The third-order valence-electron chi connectivity index (χ3n) is 2.67. The Balaban J connectivity index is 2.50. The van der Waals surface area contributed by atoms with Crippen LogP contribution in [-0.2, 0) is 0 Å². The smallest absolute Gasteiger partial charge is 0.136 e. The molecule has 1 heterocycles. The first-order chi connectivity index (χ1) is 6.65. The van der Waals surface area contributed by atoms with Gasteiger partial charge in [-0.15, -0.1) is 0 Å². The molecule has 0 radical (unpaired) electrons. The number of rotatable bonds is 2. The summed E-state index contributed by atoms with van der Waals surface area (Å²) in [6.45, 7) is 7.87. The lowest BCUT2D eigenvalue weighted by Gasteiger charge is -2.37. The zero-order valence-corrected chi connectivity index (χ0v) is 11.1. The van der Waals surface area contributed by atoms with Crippen LogP contribution in [0.5, 0.6) is 0 Å². The molecule has 1 atom stereocenters. The second-order valence-corrected chi connectivity index (χ2v) is 6.39. The first kappa shape index (κ1) is 12.3. The van der Waals surface area contributed by atoms with Gasteiger partial charge < -0.3 is 4.90 Å². The molecule has 1 saturated heterocycles. The molecule has 0 aliphatic carbocycles. The Kier molecular flexibility index (Phi) is 5.24. The van der Waals surface area contributed by atoms with Gasteiger partial charge in [-0.05, 0) is 25.7 Å². The summed E-state index contributed by atoms with van der Waals surface area (Å²) in [7, 11) is 0. The summed E-state index contributed by atoms with van der Waals surface area (Å²) in [5.41, 5.74) is 0. The van der Waals surface area contributed by atoms with Gasteiger partial charge in [-0.1, -0.05) is 44.8 Å². The zero-order chi connectivity index (χ0) is 10.6. The second kappa shape index (κ2) is 5.96. The highest BCUT2D eigenvalue weighted by Crippen LogP contribution is 2.25. The molecule has 1 nitrogen and oxygen atoms in total. The lowest BCUT2D eigenvalue weighted by Crippen LogP contribution is -2.41. The molecule has 0 aromatic rings. The molecule has 0 saturated carbocycles. The molecule has 1 aliphatic rings. The van der Waals surface area contributed by atoms with Crippen LogP contribution in [0, 0.1) is 0 Å². The normalized spacial score (nSPS) is 22.9. The van der Waals surface area contributed by atoms with Gasteiger partial charge >= 0.3 is 0 Å².